The lowest BCUT2D eigenvalue weighted by Gasteiger charge is -2.30. The first-order valence-electron chi connectivity index (χ1n) is 10.8. The summed E-state index contributed by atoms with van der Waals surface area (Å²) in [7, 11) is 0. The van der Waals surface area contributed by atoms with Gasteiger partial charge in [0.2, 0.25) is 11.8 Å². The maximum absolute atomic E-state index is 13.0. The average molecular weight is 445 g/mol. The number of carbonyl (C=O) groups excluding carboxylic acids is 2. The molecule has 2 amide bonds. The van der Waals surface area contributed by atoms with Gasteiger partial charge in [-0.3, -0.25) is 9.59 Å². The standard InChI is InChI=1S/C25H33ClN2O3/c1-5-19(3)27-25(30)20(4)28(17-21-8-6-9-22(26)16-21)24(29)10-7-15-31-23-13-11-18(2)12-14-23/h6,8-9,11-14,16,19-20H,5,7,10,15,17H2,1-4H3,(H,27,30)/t19-,20-/m1/s1. The number of aryl methyl sites for hydroxylation is 1. The van der Waals surface area contributed by atoms with E-state index in [4.69, 9.17) is 16.3 Å². The van der Waals surface area contributed by atoms with Gasteiger partial charge in [-0.25, -0.2) is 0 Å². The summed E-state index contributed by atoms with van der Waals surface area (Å²) in [5.74, 6) is 0.551. The van der Waals surface area contributed by atoms with Crippen LogP contribution < -0.4 is 10.1 Å². The summed E-state index contributed by atoms with van der Waals surface area (Å²) in [5, 5.41) is 3.58. The molecule has 0 saturated heterocycles. The summed E-state index contributed by atoms with van der Waals surface area (Å²) in [6.45, 7) is 8.52. The van der Waals surface area contributed by atoms with Crippen molar-refractivity contribution in [2.24, 2.45) is 0 Å². The van der Waals surface area contributed by atoms with Gasteiger partial charge < -0.3 is 15.0 Å². The van der Waals surface area contributed by atoms with Crippen molar-refractivity contribution in [1.82, 2.24) is 10.2 Å². The molecular weight excluding hydrogens is 412 g/mol. The number of halogens is 1. The van der Waals surface area contributed by atoms with E-state index in [1.54, 1.807) is 17.9 Å². The predicted octanol–water partition coefficient (Wildman–Crippen LogP) is 5.14. The molecule has 0 aliphatic rings. The van der Waals surface area contributed by atoms with E-state index in [-0.39, 0.29) is 17.9 Å². The van der Waals surface area contributed by atoms with Crippen molar-refractivity contribution in [3.63, 3.8) is 0 Å². The van der Waals surface area contributed by atoms with Gasteiger partial charge in [0.1, 0.15) is 11.8 Å². The molecule has 6 heteroatoms. The summed E-state index contributed by atoms with van der Waals surface area (Å²) in [5.41, 5.74) is 2.06. The van der Waals surface area contributed by atoms with Crippen molar-refractivity contribution in [2.75, 3.05) is 6.61 Å². The van der Waals surface area contributed by atoms with Gasteiger partial charge in [-0.1, -0.05) is 48.4 Å². The van der Waals surface area contributed by atoms with E-state index in [0.717, 1.165) is 17.7 Å². The lowest BCUT2D eigenvalue weighted by molar-refractivity contribution is -0.141. The van der Waals surface area contributed by atoms with Crippen molar-refractivity contribution in [2.45, 2.75) is 65.6 Å². The minimum Gasteiger partial charge on any atom is -0.494 e. The number of carbonyl (C=O) groups is 2. The van der Waals surface area contributed by atoms with Crippen LogP contribution >= 0.6 is 11.6 Å². The number of hydrogen-bond donors (Lipinski definition) is 1. The molecule has 0 fully saturated rings. The van der Waals surface area contributed by atoms with Gasteiger partial charge in [0, 0.05) is 24.0 Å². The number of ether oxygens (including phenoxy) is 1. The SMILES string of the molecule is CC[C@@H](C)NC(=O)[C@@H](C)N(Cc1cccc(Cl)c1)C(=O)CCCOc1ccc(C)cc1. The molecule has 2 rings (SSSR count). The minimum absolute atomic E-state index is 0.0565. The highest BCUT2D eigenvalue weighted by Crippen LogP contribution is 2.17. The summed E-state index contributed by atoms with van der Waals surface area (Å²) < 4.78 is 5.73. The maximum atomic E-state index is 13.0. The molecule has 31 heavy (non-hydrogen) atoms. The Hall–Kier alpha value is -2.53. The van der Waals surface area contributed by atoms with Crippen LogP contribution in [0.1, 0.15) is 51.2 Å². The van der Waals surface area contributed by atoms with E-state index in [1.807, 2.05) is 63.2 Å². The van der Waals surface area contributed by atoms with Crippen LogP contribution in [0.5, 0.6) is 5.75 Å². The predicted molar refractivity (Wildman–Crippen MR) is 125 cm³/mol. The Kier molecular flexibility index (Phi) is 9.86. The Labute approximate surface area is 190 Å². The average Bonchev–Trinajstić information content (AvgIpc) is 2.75. The zero-order valence-corrected chi connectivity index (χ0v) is 19.6. The lowest BCUT2D eigenvalue weighted by Crippen LogP contribution is -2.49. The monoisotopic (exact) mass is 444 g/mol. The van der Waals surface area contributed by atoms with Crippen molar-refractivity contribution in [1.29, 1.82) is 0 Å². The normalized spacial score (nSPS) is 12.7. The van der Waals surface area contributed by atoms with Gasteiger partial charge in [-0.2, -0.15) is 0 Å². The lowest BCUT2D eigenvalue weighted by atomic mass is 10.1. The fraction of sp³-hybridized carbons (Fsp3) is 0.440. The number of nitrogens with zero attached hydrogens (tertiary/aromatic N) is 1. The first kappa shape index (κ1) is 24.7. The zero-order chi connectivity index (χ0) is 22.8. The molecule has 0 aliphatic carbocycles. The molecule has 0 heterocycles. The fourth-order valence-electron chi connectivity index (χ4n) is 3.07. The van der Waals surface area contributed by atoms with Gasteiger partial charge in [0.25, 0.3) is 0 Å². The topological polar surface area (TPSA) is 58.6 Å². The second-order valence-corrected chi connectivity index (χ2v) is 8.35. The molecule has 0 saturated carbocycles. The third-order valence-corrected chi connectivity index (χ3v) is 5.47. The molecule has 5 nitrogen and oxygen atoms in total. The van der Waals surface area contributed by atoms with E-state index >= 15 is 0 Å². The zero-order valence-electron chi connectivity index (χ0n) is 18.9. The Morgan fingerprint density at radius 1 is 1.13 bits per heavy atom. The van der Waals surface area contributed by atoms with Gasteiger partial charge in [-0.15, -0.1) is 0 Å². The third-order valence-electron chi connectivity index (χ3n) is 5.23. The second kappa shape index (κ2) is 12.4. The molecule has 0 aromatic heterocycles. The Bertz CT molecular complexity index is 854. The van der Waals surface area contributed by atoms with Crippen LogP contribution in [0.2, 0.25) is 5.02 Å². The van der Waals surface area contributed by atoms with Gasteiger partial charge >= 0.3 is 0 Å². The van der Waals surface area contributed by atoms with Crippen LogP contribution in [-0.2, 0) is 16.1 Å². The summed E-state index contributed by atoms with van der Waals surface area (Å²) in [4.78, 5) is 27.4. The number of rotatable bonds is 11. The molecule has 0 radical (unpaired) electrons. The minimum atomic E-state index is -0.585. The quantitative estimate of drug-likeness (QED) is 0.488. The van der Waals surface area contributed by atoms with Gasteiger partial charge in [0.05, 0.1) is 6.61 Å². The van der Waals surface area contributed by atoms with Crippen molar-refractivity contribution >= 4 is 23.4 Å². The van der Waals surface area contributed by atoms with Crippen molar-refractivity contribution < 1.29 is 14.3 Å². The second-order valence-electron chi connectivity index (χ2n) is 7.91. The molecule has 0 aliphatic heterocycles. The first-order chi connectivity index (χ1) is 14.8. The highest BCUT2D eigenvalue weighted by molar-refractivity contribution is 6.30. The van der Waals surface area contributed by atoms with Crippen LogP contribution in [0, 0.1) is 6.92 Å². The summed E-state index contributed by atoms with van der Waals surface area (Å²) in [6, 6.07) is 14.7. The summed E-state index contributed by atoms with van der Waals surface area (Å²) in [6.07, 6.45) is 1.70. The Morgan fingerprint density at radius 3 is 2.48 bits per heavy atom. The maximum Gasteiger partial charge on any atom is 0.242 e. The van der Waals surface area contributed by atoms with Crippen LogP contribution in [0.4, 0.5) is 0 Å². The molecular formula is C25H33ClN2O3. The van der Waals surface area contributed by atoms with E-state index < -0.39 is 6.04 Å². The highest BCUT2D eigenvalue weighted by Gasteiger charge is 2.26. The number of amides is 2. The van der Waals surface area contributed by atoms with Crippen LogP contribution in [0.3, 0.4) is 0 Å². The molecule has 168 valence electrons. The van der Waals surface area contributed by atoms with Crippen molar-refractivity contribution in [3.05, 3.63) is 64.7 Å². The van der Waals surface area contributed by atoms with Crippen LogP contribution in [0.25, 0.3) is 0 Å². The molecule has 0 spiro atoms. The van der Waals surface area contributed by atoms with Crippen LogP contribution in [0.15, 0.2) is 48.5 Å². The Morgan fingerprint density at radius 2 is 1.84 bits per heavy atom. The number of hydrogen-bond acceptors (Lipinski definition) is 3. The molecule has 2 aromatic rings. The molecule has 2 aromatic carbocycles. The van der Waals surface area contributed by atoms with Crippen LogP contribution in [-0.4, -0.2) is 35.4 Å². The molecule has 1 N–H and O–H groups in total. The van der Waals surface area contributed by atoms with E-state index in [1.165, 1.54) is 5.56 Å². The molecule has 0 bridgehead atoms. The first-order valence-corrected chi connectivity index (χ1v) is 11.2. The smallest absolute Gasteiger partial charge is 0.242 e. The fourth-order valence-corrected chi connectivity index (χ4v) is 3.28. The Balaban J connectivity index is 2.00. The van der Waals surface area contributed by atoms with Gasteiger partial charge in [0.15, 0.2) is 0 Å². The van der Waals surface area contributed by atoms with Gasteiger partial charge in [-0.05, 0) is 63.4 Å². The molecule has 2 atom stereocenters. The van der Waals surface area contributed by atoms with E-state index in [0.29, 0.717) is 31.0 Å². The highest BCUT2D eigenvalue weighted by atomic mass is 35.5. The number of nitrogens with one attached hydrogen (secondary N) is 1. The largest absolute Gasteiger partial charge is 0.494 e. The van der Waals surface area contributed by atoms with E-state index in [2.05, 4.69) is 5.32 Å². The molecule has 0 unspecified atom stereocenters. The summed E-state index contributed by atoms with van der Waals surface area (Å²) >= 11 is 6.11. The van der Waals surface area contributed by atoms with E-state index in [9.17, 15) is 9.59 Å². The number of benzene rings is 2. The van der Waals surface area contributed by atoms with Crippen molar-refractivity contribution in [3.8, 4) is 5.75 Å². The third kappa shape index (κ3) is 8.25.